The number of nitrogens with zero attached hydrogens (tertiary/aromatic N) is 2. The van der Waals surface area contributed by atoms with Gasteiger partial charge in [-0.15, -0.1) is 0 Å². The Labute approximate surface area is 113 Å². The van der Waals surface area contributed by atoms with Crippen molar-refractivity contribution in [1.29, 1.82) is 0 Å². The minimum absolute atomic E-state index is 0.170. The van der Waals surface area contributed by atoms with E-state index < -0.39 is 12.0 Å². The number of urea groups is 1. The Morgan fingerprint density at radius 2 is 2.05 bits per heavy atom. The summed E-state index contributed by atoms with van der Waals surface area (Å²) in [7, 11) is 3.30. The van der Waals surface area contributed by atoms with Crippen LogP contribution in [0.25, 0.3) is 0 Å². The Bertz CT molecular complexity index is 370. The molecule has 3 atom stereocenters. The van der Waals surface area contributed by atoms with Crippen LogP contribution in [0.4, 0.5) is 4.79 Å². The average molecular weight is 270 g/mol. The maximum atomic E-state index is 12.4. The van der Waals surface area contributed by atoms with Gasteiger partial charge in [0.25, 0.3) is 0 Å². The fraction of sp³-hybridized carbons (Fsp3) is 0.846. The van der Waals surface area contributed by atoms with E-state index in [1.54, 1.807) is 19.1 Å². The van der Waals surface area contributed by atoms with Gasteiger partial charge in [-0.25, -0.2) is 9.59 Å². The van der Waals surface area contributed by atoms with Crippen LogP contribution in [0.1, 0.15) is 26.2 Å². The van der Waals surface area contributed by atoms with Gasteiger partial charge in [-0.2, -0.15) is 0 Å². The zero-order chi connectivity index (χ0) is 14.2. The fourth-order valence-corrected chi connectivity index (χ4v) is 2.69. The largest absolute Gasteiger partial charge is 0.480 e. The minimum Gasteiger partial charge on any atom is -0.480 e. The number of carboxylic acids is 1. The molecule has 2 fully saturated rings. The van der Waals surface area contributed by atoms with Crippen LogP contribution >= 0.6 is 0 Å². The van der Waals surface area contributed by atoms with Gasteiger partial charge in [-0.3, -0.25) is 0 Å². The van der Waals surface area contributed by atoms with Gasteiger partial charge >= 0.3 is 12.0 Å². The lowest BCUT2D eigenvalue weighted by atomic mass is 10.2. The van der Waals surface area contributed by atoms with E-state index in [2.05, 4.69) is 0 Å². The first-order valence-electron chi connectivity index (χ1n) is 6.74. The molecule has 0 bridgehead atoms. The first-order chi connectivity index (χ1) is 8.95. The fourth-order valence-electron chi connectivity index (χ4n) is 2.69. The third kappa shape index (κ3) is 2.83. The van der Waals surface area contributed by atoms with Gasteiger partial charge in [0.2, 0.25) is 0 Å². The molecule has 1 N–H and O–H groups in total. The highest BCUT2D eigenvalue weighted by atomic mass is 16.5. The maximum absolute atomic E-state index is 12.4. The molecule has 1 heterocycles. The van der Waals surface area contributed by atoms with E-state index in [1.807, 2.05) is 6.92 Å². The van der Waals surface area contributed by atoms with E-state index in [9.17, 15) is 14.7 Å². The average Bonchev–Trinajstić information content (AvgIpc) is 3.14. The SMILES string of the molecule is COC1CC(C(=O)O)N(C(=O)N(C)C(C)C2CC2)C1. The Kier molecular flexibility index (Phi) is 3.99. The third-order valence-corrected chi connectivity index (χ3v) is 4.34. The molecule has 19 heavy (non-hydrogen) atoms. The van der Waals surface area contributed by atoms with Gasteiger partial charge in [0.15, 0.2) is 0 Å². The summed E-state index contributed by atoms with van der Waals surface area (Å²) in [6.07, 6.45) is 2.49. The second-order valence-corrected chi connectivity index (χ2v) is 5.57. The molecule has 2 aliphatic rings. The van der Waals surface area contributed by atoms with Crippen LogP contribution in [0.15, 0.2) is 0 Å². The van der Waals surface area contributed by atoms with Crippen molar-refractivity contribution >= 4 is 12.0 Å². The van der Waals surface area contributed by atoms with Crippen LogP contribution in [-0.4, -0.2) is 65.8 Å². The lowest BCUT2D eigenvalue weighted by molar-refractivity contribution is -0.141. The Balaban J connectivity index is 2.05. The minimum atomic E-state index is -0.958. The predicted molar refractivity (Wildman–Crippen MR) is 68.9 cm³/mol. The first kappa shape index (κ1) is 14.1. The van der Waals surface area contributed by atoms with E-state index in [-0.39, 0.29) is 18.2 Å². The van der Waals surface area contributed by atoms with Crippen molar-refractivity contribution in [1.82, 2.24) is 9.80 Å². The lowest BCUT2D eigenvalue weighted by Crippen LogP contribution is -2.49. The molecule has 0 aromatic carbocycles. The number of hydrogen-bond acceptors (Lipinski definition) is 3. The van der Waals surface area contributed by atoms with E-state index in [0.29, 0.717) is 18.9 Å². The van der Waals surface area contributed by atoms with E-state index in [1.165, 1.54) is 4.90 Å². The number of amides is 2. The van der Waals surface area contributed by atoms with Crippen LogP contribution in [-0.2, 0) is 9.53 Å². The third-order valence-electron chi connectivity index (χ3n) is 4.34. The second-order valence-electron chi connectivity index (χ2n) is 5.57. The van der Waals surface area contributed by atoms with Crippen LogP contribution in [0.3, 0.4) is 0 Å². The van der Waals surface area contributed by atoms with Gasteiger partial charge in [0.1, 0.15) is 6.04 Å². The van der Waals surface area contributed by atoms with Gasteiger partial charge in [-0.1, -0.05) is 0 Å². The van der Waals surface area contributed by atoms with Crippen LogP contribution in [0, 0.1) is 5.92 Å². The van der Waals surface area contributed by atoms with Crippen molar-refractivity contribution in [2.75, 3.05) is 20.7 Å². The van der Waals surface area contributed by atoms with Crippen molar-refractivity contribution in [3.63, 3.8) is 0 Å². The zero-order valence-corrected chi connectivity index (χ0v) is 11.7. The normalized spacial score (nSPS) is 28.3. The molecule has 0 aromatic rings. The van der Waals surface area contributed by atoms with E-state index in [4.69, 9.17) is 4.74 Å². The smallest absolute Gasteiger partial charge is 0.326 e. The van der Waals surface area contributed by atoms with Crippen molar-refractivity contribution < 1.29 is 19.4 Å². The predicted octanol–water partition coefficient (Wildman–Crippen LogP) is 1.01. The molecule has 0 spiro atoms. The van der Waals surface area contributed by atoms with Gasteiger partial charge in [0, 0.05) is 33.2 Å². The summed E-state index contributed by atoms with van der Waals surface area (Å²) in [5.41, 5.74) is 0. The molecule has 1 saturated heterocycles. The summed E-state index contributed by atoms with van der Waals surface area (Å²) in [6.45, 7) is 2.38. The van der Waals surface area contributed by atoms with Gasteiger partial charge in [-0.05, 0) is 25.7 Å². The quantitative estimate of drug-likeness (QED) is 0.827. The molecule has 1 saturated carbocycles. The lowest BCUT2D eigenvalue weighted by Gasteiger charge is -2.31. The maximum Gasteiger partial charge on any atom is 0.326 e. The van der Waals surface area contributed by atoms with Crippen molar-refractivity contribution in [3.05, 3.63) is 0 Å². The van der Waals surface area contributed by atoms with Crippen LogP contribution in [0.2, 0.25) is 0 Å². The number of ether oxygens (including phenoxy) is 1. The van der Waals surface area contributed by atoms with Gasteiger partial charge < -0.3 is 19.6 Å². The Morgan fingerprint density at radius 1 is 1.42 bits per heavy atom. The molecule has 108 valence electrons. The molecule has 6 nitrogen and oxygen atoms in total. The van der Waals surface area contributed by atoms with Crippen LogP contribution in [0.5, 0.6) is 0 Å². The number of methoxy groups -OCH3 is 1. The molecule has 6 heteroatoms. The van der Waals surface area contributed by atoms with Gasteiger partial charge in [0.05, 0.1) is 6.10 Å². The van der Waals surface area contributed by atoms with Crippen molar-refractivity contribution in [3.8, 4) is 0 Å². The molecular formula is C13H22N2O4. The number of carbonyl (C=O) groups excluding carboxylic acids is 1. The van der Waals surface area contributed by atoms with Crippen molar-refractivity contribution in [2.45, 2.75) is 44.4 Å². The van der Waals surface area contributed by atoms with E-state index >= 15 is 0 Å². The highest BCUT2D eigenvalue weighted by Gasteiger charge is 2.42. The number of carbonyl (C=O) groups is 2. The summed E-state index contributed by atoms with van der Waals surface area (Å²) >= 11 is 0. The zero-order valence-electron chi connectivity index (χ0n) is 11.7. The molecule has 2 rings (SSSR count). The van der Waals surface area contributed by atoms with Crippen LogP contribution < -0.4 is 0 Å². The number of carboxylic acid groups (broad SMARTS) is 1. The Hall–Kier alpha value is -1.30. The summed E-state index contributed by atoms with van der Waals surface area (Å²) in [5.74, 6) is -0.390. The molecular weight excluding hydrogens is 248 g/mol. The standard InChI is InChI=1S/C13H22N2O4/c1-8(9-4-5-9)14(2)13(18)15-7-10(19-3)6-11(15)12(16)17/h8-11H,4-7H2,1-3H3,(H,16,17). The summed E-state index contributed by atoms with van der Waals surface area (Å²) in [6, 6.07) is -0.804. The molecule has 0 radical (unpaired) electrons. The number of likely N-dealkylation sites (tertiary alicyclic amines) is 1. The molecule has 3 unspecified atom stereocenters. The highest BCUT2D eigenvalue weighted by molar-refractivity contribution is 5.83. The number of aliphatic carboxylic acids is 1. The van der Waals surface area contributed by atoms with E-state index in [0.717, 1.165) is 12.8 Å². The number of rotatable bonds is 4. The number of hydrogen-bond donors (Lipinski definition) is 1. The monoisotopic (exact) mass is 270 g/mol. The summed E-state index contributed by atoms with van der Waals surface area (Å²) < 4.78 is 5.20. The van der Waals surface area contributed by atoms with Crippen molar-refractivity contribution in [2.24, 2.45) is 5.92 Å². The topological polar surface area (TPSA) is 70.1 Å². The summed E-state index contributed by atoms with van der Waals surface area (Å²) in [4.78, 5) is 26.8. The first-order valence-corrected chi connectivity index (χ1v) is 6.74. The molecule has 1 aliphatic heterocycles. The Morgan fingerprint density at radius 3 is 2.53 bits per heavy atom. The molecule has 1 aliphatic carbocycles. The molecule has 0 aromatic heterocycles. The summed E-state index contributed by atoms with van der Waals surface area (Å²) in [5, 5.41) is 9.22. The highest BCUT2D eigenvalue weighted by Crippen LogP contribution is 2.35. The molecule has 2 amide bonds. The second kappa shape index (κ2) is 5.36.